The van der Waals surface area contributed by atoms with Crippen LogP contribution in [0.1, 0.15) is 35.2 Å². The minimum atomic E-state index is -0.303. The molecule has 1 aliphatic heterocycles. The van der Waals surface area contributed by atoms with Gasteiger partial charge in [0.25, 0.3) is 5.91 Å². The van der Waals surface area contributed by atoms with Crippen molar-refractivity contribution in [2.75, 3.05) is 18.4 Å². The van der Waals surface area contributed by atoms with Crippen LogP contribution >= 0.6 is 12.4 Å². The Hall–Kier alpha value is -2.44. The van der Waals surface area contributed by atoms with Gasteiger partial charge in [0, 0.05) is 24.2 Å². The maximum Gasteiger partial charge on any atom is 0.251 e. The molecule has 3 N–H and O–H groups in total. The number of nitrogens with one attached hydrogen (secondary N) is 3. The van der Waals surface area contributed by atoms with Gasteiger partial charge < -0.3 is 16.0 Å². The van der Waals surface area contributed by atoms with Gasteiger partial charge in [-0.05, 0) is 73.8 Å². The first kappa shape index (κ1) is 21.9. The van der Waals surface area contributed by atoms with E-state index in [9.17, 15) is 14.0 Å². The predicted molar refractivity (Wildman–Crippen MR) is 110 cm³/mol. The Morgan fingerprint density at radius 3 is 2.43 bits per heavy atom. The van der Waals surface area contributed by atoms with Gasteiger partial charge in [0.05, 0.1) is 0 Å². The third-order valence-electron chi connectivity index (χ3n) is 4.74. The highest BCUT2D eigenvalue weighted by Gasteiger charge is 2.15. The van der Waals surface area contributed by atoms with Gasteiger partial charge in [-0.1, -0.05) is 12.1 Å². The topological polar surface area (TPSA) is 70.2 Å². The summed E-state index contributed by atoms with van der Waals surface area (Å²) in [6, 6.07) is 12.8. The molecule has 1 saturated heterocycles. The second-order valence-electron chi connectivity index (χ2n) is 6.83. The molecule has 28 heavy (non-hydrogen) atoms. The maximum absolute atomic E-state index is 12.9. The standard InChI is InChI=1S/C21H24FN3O2.ClH/c22-18-6-1-15(2-7-18)14-24-21(27)17-4-8-19(9-5-17)25-20(26)10-3-16-11-12-23-13-16;/h1-2,4-9,16,23H,3,10-14H2,(H,24,27)(H,25,26);1H. The van der Waals surface area contributed by atoms with Crippen LogP contribution in [0, 0.1) is 11.7 Å². The third kappa shape index (κ3) is 6.62. The van der Waals surface area contributed by atoms with E-state index in [4.69, 9.17) is 0 Å². The van der Waals surface area contributed by atoms with Gasteiger partial charge in [-0.25, -0.2) is 4.39 Å². The molecule has 7 heteroatoms. The summed E-state index contributed by atoms with van der Waals surface area (Å²) in [5, 5.41) is 8.96. The summed E-state index contributed by atoms with van der Waals surface area (Å²) in [6.45, 7) is 2.36. The number of carbonyl (C=O) groups excluding carboxylic acids is 2. The summed E-state index contributed by atoms with van der Waals surface area (Å²) in [5.41, 5.74) is 2.01. The Morgan fingerprint density at radius 1 is 1.07 bits per heavy atom. The molecule has 0 bridgehead atoms. The fourth-order valence-electron chi connectivity index (χ4n) is 3.11. The molecule has 0 radical (unpaired) electrons. The summed E-state index contributed by atoms with van der Waals surface area (Å²) in [5.74, 6) is 0.0619. The van der Waals surface area contributed by atoms with Gasteiger partial charge in [0.1, 0.15) is 5.82 Å². The van der Waals surface area contributed by atoms with Crippen LogP contribution in [0.4, 0.5) is 10.1 Å². The summed E-state index contributed by atoms with van der Waals surface area (Å²) in [4.78, 5) is 24.2. The Balaban J connectivity index is 0.00000280. The van der Waals surface area contributed by atoms with Crippen molar-refractivity contribution in [1.82, 2.24) is 10.6 Å². The molecule has 1 heterocycles. The van der Waals surface area contributed by atoms with Crippen molar-refractivity contribution >= 4 is 29.9 Å². The number of anilines is 1. The lowest BCUT2D eigenvalue weighted by molar-refractivity contribution is -0.116. The largest absolute Gasteiger partial charge is 0.348 e. The minimum absolute atomic E-state index is 0. The molecule has 1 aliphatic rings. The Labute approximate surface area is 170 Å². The van der Waals surface area contributed by atoms with Crippen LogP contribution in [-0.2, 0) is 11.3 Å². The highest BCUT2D eigenvalue weighted by atomic mass is 35.5. The van der Waals surface area contributed by atoms with E-state index in [1.54, 1.807) is 36.4 Å². The van der Waals surface area contributed by atoms with Crippen LogP contribution in [-0.4, -0.2) is 24.9 Å². The highest BCUT2D eigenvalue weighted by molar-refractivity contribution is 5.95. The van der Waals surface area contributed by atoms with Crippen LogP contribution in [0.3, 0.4) is 0 Å². The van der Waals surface area contributed by atoms with Crippen molar-refractivity contribution in [3.63, 3.8) is 0 Å². The average molecular weight is 406 g/mol. The fourth-order valence-corrected chi connectivity index (χ4v) is 3.11. The molecular formula is C21H25ClFN3O2. The van der Waals surface area contributed by atoms with E-state index in [2.05, 4.69) is 16.0 Å². The molecule has 0 spiro atoms. The molecule has 2 aromatic rings. The van der Waals surface area contributed by atoms with Gasteiger partial charge in [-0.3, -0.25) is 9.59 Å². The third-order valence-corrected chi connectivity index (χ3v) is 4.74. The SMILES string of the molecule is Cl.O=C(CCC1CCNC1)Nc1ccc(C(=O)NCc2ccc(F)cc2)cc1. The van der Waals surface area contributed by atoms with E-state index in [1.165, 1.54) is 12.1 Å². The molecule has 1 unspecified atom stereocenters. The van der Waals surface area contributed by atoms with E-state index in [0.29, 0.717) is 30.1 Å². The van der Waals surface area contributed by atoms with Crippen molar-refractivity contribution in [3.8, 4) is 0 Å². The smallest absolute Gasteiger partial charge is 0.251 e. The second kappa shape index (κ2) is 10.8. The van der Waals surface area contributed by atoms with Gasteiger partial charge in [0.15, 0.2) is 0 Å². The number of carbonyl (C=O) groups is 2. The van der Waals surface area contributed by atoms with E-state index in [1.807, 2.05) is 0 Å². The lowest BCUT2D eigenvalue weighted by atomic mass is 10.0. The zero-order valence-electron chi connectivity index (χ0n) is 15.5. The Morgan fingerprint density at radius 2 is 1.79 bits per heavy atom. The first-order chi connectivity index (χ1) is 13.1. The average Bonchev–Trinajstić information content (AvgIpc) is 3.20. The van der Waals surface area contributed by atoms with Crippen molar-refractivity contribution in [3.05, 3.63) is 65.5 Å². The number of hydrogen-bond acceptors (Lipinski definition) is 3. The molecular weight excluding hydrogens is 381 g/mol. The zero-order chi connectivity index (χ0) is 19.1. The molecule has 3 rings (SSSR count). The van der Waals surface area contributed by atoms with E-state index in [-0.39, 0.29) is 30.0 Å². The second-order valence-corrected chi connectivity index (χ2v) is 6.83. The summed E-state index contributed by atoms with van der Waals surface area (Å²) in [7, 11) is 0. The summed E-state index contributed by atoms with van der Waals surface area (Å²) >= 11 is 0. The summed E-state index contributed by atoms with van der Waals surface area (Å²) in [6.07, 6.45) is 2.53. The van der Waals surface area contributed by atoms with Crippen LogP contribution in [0.2, 0.25) is 0 Å². The molecule has 0 aliphatic carbocycles. The van der Waals surface area contributed by atoms with E-state index >= 15 is 0 Å². The van der Waals surface area contributed by atoms with Crippen molar-refractivity contribution in [2.45, 2.75) is 25.8 Å². The van der Waals surface area contributed by atoms with E-state index < -0.39 is 0 Å². The number of benzene rings is 2. The predicted octanol–water partition coefficient (Wildman–Crippen LogP) is 3.51. The molecule has 1 atom stereocenters. The first-order valence-electron chi connectivity index (χ1n) is 9.23. The number of hydrogen-bond donors (Lipinski definition) is 3. The quantitative estimate of drug-likeness (QED) is 0.660. The number of amides is 2. The Bertz CT molecular complexity index is 775. The van der Waals surface area contributed by atoms with Crippen LogP contribution in [0.25, 0.3) is 0 Å². The van der Waals surface area contributed by atoms with Gasteiger partial charge in [-0.15, -0.1) is 12.4 Å². The molecule has 2 aromatic carbocycles. The molecule has 150 valence electrons. The van der Waals surface area contributed by atoms with Crippen LogP contribution in [0.15, 0.2) is 48.5 Å². The van der Waals surface area contributed by atoms with Crippen molar-refractivity contribution in [2.24, 2.45) is 5.92 Å². The molecule has 0 aromatic heterocycles. The van der Waals surface area contributed by atoms with Crippen LogP contribution < -0.4 is 16.0 Å². The van der Waals surface area contributed by atoms with Gasteiger partial charge >= 0.3 is 0 Å². The molecule has 2 amide bonds. The van der Waals surface area contributed by atoms with Crippen LogP contribution in [0.5, 0.6) is 0 Å². The van der Waals surface area contributed by atoms with Gasteiger partial charge in [-0.2, -0.15) is 0 Å². The molecule has 1 fully saturated rings. The van der Waals surface area contributed by atoms with E-state index in [0.717, 1.165) is 31.5 Å². The van der Waals surface area contributed by atoms with Gasteiger partial charge in [0.2, 0.25) is 5.91 Å². The first-order valence-corrected chi connectivity index (χ1v) is 9.23. The number of rotatable bonds is 7. The fraction of sp³-hybridized carbons (Fsp3) is 0.333. The summed E-state index contributed by atoms with van der Waals surface area (Å²) < 4.78 is 12.9. The number of halogens is 2. The normalized spacial score (nSPS) is 15.5. The molecule has 5 nitrogen and oxygen atoms in total. The lowest BCUT2D eigenvalue weighted by Gasteiger charge is -2.09. The zero-order valence-corrected chi connectivity index (χ0v) is 16.4. The van der Waals surface area contributed by atoms with Crippen molar-refractivity contribution < 1.29 is 14.0 Å². The Kier molecular flexibility index (Phi) is 8.42. The lowest BCUT2D eigenvalue weighted by Crippen LogP contribution is -2.22. The monoisotopic (exact) mass is 405 g/mol. The molecule has 0 saturated carbocycles. The van der Waals surface area contributed by atoms with Crippen molar-refractivity contribution in [1.29, 1.82) is 0 Å². The maximum atomic E-state index is 12.9. The highest BCUT2D eigenvalue weighted by Crippen LogP contribution is 2.16. The minimum Gasteiger partial charge on any atom is -0.348 e.